The van der Waals surface area contributed by atoms with Crippen LogP contribution in [0.15, 0.2) is 24.5 Å². The lowest BCUT2D eigenvalue weighted by Gasteiger charge is -2.06. The molecule has 19 heavy (non-hydrogen) atoms. The first-order valence-electron chi connectivity index (χ1n) is 5.44. The Bertz CT molecular complexity index is 759. The van der Waals surface area contributed by atoms with Crippen LogP contribution in [0, 0.1) is 6.92 Å². The van der Waals surface area contributed by atoms with Gasteiger partial charge in [-0.2, -0.15) is 4.98 Å². The van der Waals surface area contributed by atoms with Gasteiger partial charge in [-0.25, -0.2) is 4.98 Å². The molecule has 0 amide bonds. The number of thiophene rings is 1. The summed E-state index contributed by atoms with van der Waals surface area (Å²) < 4.78 is 5.70. The second kappa shape index (κ2) is 4.64. The van der Waals surface area contributed by atoms with Crippen LogP contribution >= 0.6 is 22.9 Å². The van der Waals surface area contributed by atoms with Gasteiger partial charge in [-0.15, -0.1) is 11.3 Å². The lowest BCUT2D eigenvalue weighted by atomic mass is 10.3. The van der Waals surface area contributed by atoms with Crippen LogP contribution in [0.1, 0.15) is 4.88 Å². The van der Waals surface area contributed by atoms with Crippen LogP contribution in [-0.2, 0) is 0 Å². The first-order valence-corrected chi connectivity index (χ1v) is 6.63. The maximum atomic E-state index is 5.87. The number of hydrogen-bond acceptors (Lipinski definition) is 6. The van der Waals surface area contributed by atoms with Gasteiger partial charge in [0.15, 0.2) is 0 Å². The summed E-state index contributed by atoms with van der Waals surface area (Å²) in [6.45, 7) is 1.99. The smallest absolute Gasteiger partial charge is 0.232 e. The Balaban J connectivity index is 2.09. The molecule has 0 aliphatic rings. The van der Waals surface area contributed by atoms with Gasteiger partial charge < -0.3 is 10.5 Å². The highest BCUT2D eigenvalue weighted by molar-refractivity contribution is 7.18. The van der Waals surface area contributed by atoms with Crippen molar-refractivity contribution in [2.45, 2.75) is 6.92 Å². The minimum atomic E-state index is 0.180. The molecule has 0 atom stereocenters. The number of ether oxygens (including phenoxy) is 1. The molecule has 0 saturated heterocycles. The quantitative estimate of drug-likeness (QED) is 0.783. The van der Waals surface area contributed by atoms with Crippen LogP contribution in [-0.4, -0.2) is 15.0 Å². The molecule has 3 heterocycles. The summed E-state index contributed by atoms with van der Waals surface area (Å²) in [6.07, 6.45) is 3.10. The van der Waals surface area contributed by atoms with Gasteiger partial charge in [0.2, 0.25) is 11.8 Å². The summed E-state index contributed by atoms with van der Waals surface area (Å²) in [7, 11) is 0. The van der Waals surface area contributed by atoms with Gasteiger partial charge in [-0.05, 0) is 13.0 Å². The van der Waals surface area contributed by atoms with Gasteiger partial charge >= 0.3 is 0 Å². The highest BCUT2D eigenvalue weighted by Gasteiger charge is 2.11. The minimum Gasteiger partial charge on any atom is -0.436 e. The Morgan fingerprint density at radius 3 is 2.89 bits per heavy atom. The zero-order valence-corrected chi connectivity index (χ0v) is 11.5. The van der Waals surface area contributed by atoms with Crippen LogP contribution in [0.3, 0.4) is 0 Å². The third kappa shape index (κ3) is 2.45. The molecule has 0 fully saturated rings. The SMILES string of the molecule is Cc1cc2c(Oc3cncc(Cl)c3)nc(N)nc2s1. The molecule has 3 rings (SSSR count). The molecular formula is C12H9ClN4OS. The highest BCUT2D eigenvalue weighted by atomic mass is 35.5. The first kappa shape index (κ1) is 12.1. The van der Waals surface area contributed by atoms with Crippen molar-refractivity contribution in [3.05, 3.63) is 34.4 Å². The zero-order chi connectivity index (χ0) is 13.4. The van der Waals surface area contributed by atoms with Gasteiger partial charge in [-0.3, -0.25) is 4.98 Å². The number of aromatic nitrogens is 3. The monoisotopic (exact) mass is 292 g/mol. The van der Waals surface area contributed by atoms with E-state index in [1.165, 1.54) is 6.20 Å². The summed E-state index contributed by atoms with van der Waals surface area (Å²) >= 11 is 7.41. The number of nitrogens with zero attached hydrogens (tertiary/aromatic N) is 3. The molecule has 0 unspecified atom stereocenters. The van der Waals surface area contributed by atoms with E-state index in [0.717, 1.165) is 15.1 Å². The maximum absolute atomic E-state index is 5.87. The maximum Gasteiger partial charge on any atom is 0.232 e. The van der Waals surface area contributed by atoms with Gasteiger partial charge in [0.05, 0.1) is 16.6 Å². The number of nitrogens with two attached hydrogens (primary N) is 1. The van der Waals surface area contributed by atoms with Crippen LogP contribution in [0.4, 0.5) is 5.95 Å². The first-order chi connectivity index (χ1) is 9.11. The van der Waals surface area contributed by atoms with E-state index >= 15 is 0 Å². The van der Waals surface area contributed by atoms with E-state index < -0.39 is 0 Å². The molecule has 0 spiro atoms. The van der Waals surface area contributed by atoms with E-state index in [1.807, 2.05) is 13.0 Å². The lowest BCUT2D eigenvalue weighted by Crippen LogP contribution is -1.97. The number of pyridine rings is 1. The average molecular weight is 293 g/mol. The normalized spacial score (nSPS) is 10.8. The molecule has 0 radical (unpaired) electrons. The van der Waals surface area contributed by atoms with Crippen molar-refractivity contribution in [1.29, 1.82) is 0 Å². The summed E-state index contributed by atoms with van der Waals surface area (Å²) in [5, 5.41) is 1.33. The zero-order valence-electron chi connectivity index (χ0n) is 9.92. The Kier molecular flexibility index (Phi) is 2.96. The second-order valence-electron chi connectivity index (χ2n) is 3.90. The number of fused-ring (bicyclic) bond motifs is 1. The van der Waals surface area contributed by atoms with Crippen LogP contribution < -0.4 is 10.5 Å². The van der Waals surface area contributed by atoms with Gasteiger partial charge in [-0.1, -0.05) is 11.6 Å². The number of aryl methyl sites for hydroxylation is 1. The standard InChI is InChI=1S/C12H9ClN4OS/c1-6-2-9-10(16-12(14)17-11(9)19-6)18-8-3-7(13)4-15-5-8/h2-5H,1H3,(H2,14,16,17). The highest BCUT2D eigenvalue weighted by Crippen LogP contribution is 2.33. The van der Waals surface area contributed by atoms with Crippen LogP contribution in [0.25, 0.3) is 10.2 Å². The predicted molar refractivity (Wildman–Crippen MR) is 75.9 cm³/mol. The lowest BCUT2D eigenvalue weighted by molar-refractivity contribution is 0.467. The molecule has 0 aromatic carbocycles. The molecule has 0 saturated carbocycles. The molecule has 0 bridgehead atoms. The Morgan fingerprint density at radius 1 is 1.26 bits per heavy atom. The number of hydrogen-bond donors (Lipinski definition) is 1. The van der Waals surface area contributed by atoms with E-state index in [1.54, 1.807) is 23.6 Å². The topological polar surface area (TPSA) is 73.9 Å². The molecule has 0 aliphatic heterocycles. The fraction of sp³-hybridized carbons (Fsp3) is 0.0833. The number of nitrogen functional groups attached to an aromatic ring is 1. The van der Waals surface area contributed by atoms with Crippen molar-refractivity contribution >= 4 is 39.1 Å². The third-order valence-electron chi connectivity index (χ3n) is 2.39. The van der Waals surface area contributed by atoms with Gasteiger partial charge in [0, 0.05) is 17.1 Å². The molecular weight excluding hydrogens is 284 g/mol. The number of halogens is 1. The molecule has 3 aromatic rings. The largest absolute Gasteiger partial charge is 0.436 e. The van der Waals surface area contributed by atoms with Crippen molar-refractivity contribution in [2.24, 2.45) is 0 Å². The summed E-state index contributed by atoms with van der Waals surface area (Å²) in [5.41, 5.74) is 5.68. The van der Waals surface area contributed by atoms with Gasteiger partial charge in [0.25, 0.3) is 0 Å². The fourth-order valence-electron chi connectivity index (χ4n) is 1.67. The molecule has 7 heteroatoms. The Morgan fingerprint density at radius 2 is 2.11 bits per heavy atom. The average Bonchev–Trinajstić information content (AvgIpc) is 2.69. The second-order valence-corrected chi connectivity index (χ2v) is 5.57. The van der Waals surface area contributed by atoms with Crippen molar-refractivity contribution < 1.29 is 4.74 Å². The predicted octanol–water partition coefficient (Wildman–Crippen LogP) is 3.42. The molecule has 0 aliphatic carbocycles. The number of anilines is 1. The molecule has 96 valence electrons. The van der Waals surface area contributed by atoms with E-state index in [4.69, 9.17) is 22.1 Å². The summed E-state index contributed by atoms with van der Waals surface area (Å²) in [5.74, 6) is 1.10. The van der Waals surface area contributed by atoms with Crippen LogP contribution in [0.5, 0.6) is 11.6 Å². The van der Waals surface area contributed by atoms with Crippen molar-refractivity contribution in [2.75, 3.05) is 5.73 Å². The van der Waals surface area contributed by atoms with E-state index in [2.05, 4.69) is 15.0 Å². The molecule has 3 aromatic heterocycles. The molecule has 2 N–H and O–H groups in total. The van der Waals surface area contributed by atoms with E-state index in [0.29, 0.717) is 16.7 Å². The fourth-order valence-corrected chi connectivity index (χ4v) is 2.71. The number of rotatable bonds is 2. The summed E-state index contributed by atoms with van der Waals surface area (Å²) in [6, 6.07) is 3.63. The van der Waals surface area contributed by atoms with Crippen molar-refractivity contribution in [3.63, 3.8) is 0 Å². The summed E-state index contributed by atoms with van der Waals surface area (Å²) in [4.78, 5) is 14.2. The van der Waals surface area contributed by atoms with E-state index in [9.17, 15) is 0 Å². The Labute approximate surface area is 118 Å². The van der Waals surface area contributed by atoms with Crippen molar-refractivity contribution in [3.8, 4) is 11.6 Å². The van der Waals surface area contributed by atoms with E-state index in [-0.39, 0.29) is 5.95 Å². The Hall–Kier alpha value is -1.92. The molecule has 5 nitrogen and oxygen atoms in total. The van der Waals surface area contributed by atoms with Gasteiger partial charge in [0.1, 0.15) is 10.6 Å². The van der Waals surface area contributed by atoms with Crippen LogP contribution in [0.2, 0.25) is 5.02 Å². The minimum absolute atomic E-state index is 0.180. The van der Waals surface area contributed by atoms with Crippen molar-refractivity contribution in [1.82, 2.24) is 15.0 Å². The third-order valence-corrected chi connectivity index (χ3v) is 3.54.